The molecule has 2 amide bonds. The first-order chi connectivity index (χ1) is 10.9. The third-order valence-corrected chi connectivity index (χ3v) is 4.04. The standard InChI is InChI=1S/C18H19BrN2O2/c1-12-6-4-5-7-16(12)20-18(23)11-21(14(3)22)17-9-8-15(19)10-13(17)2/h4-10H,11H2,1-3H3,(H,20,23). The molecule has 0 aliphatic heterocycles. The summed E-state index contributed by atoms with van der Waals surface area (Å²) in [6.45, 7) is 5.28. The molecule has 0 aliphatic carbocycles. The highest BCUT2D eigenvalue weighted by Gasteiger charge is 2.18. The van der Waals surface area contributed by atoms with Crippen molar-refractivity contribution in [2.75, 3.05) is 16.8 Å². The van der Waals surface area contributed by atoms with E-state index >= 15 is 0 Å². The van der Waals surface area contributed by atoms with E-state index in [0.29, 0.717) is 0 Å². The Morgan fingerprint density at radius 2 is 1.78 bits per heavy atom. The minimum Gasteiger partial charge on any atom is -0.324 e. The van der Waals surface area contributed by atoms with E-state index in [4.69, 9.17) is 0 Å². The first-order valence-corrected chi connectivity index (χ1v) is 8.07. The lowest BCUT2D eigenvalue weighted by atomic mass is 10.1. The number of carbonyl (C=O) groups excluding carboxylic acids is 2. The fourth-order valence-electron chi connectivity index (χ4n) is 2.33. The lowest BCUT2D eigenvalue weighted by Gasteiger charge is -2.23. The molecule has 0 radical (unpaired) electrons. The predicted octanol–water partition coefficient (Wildman–Crippen LogP) is 4.06. The molecule has 0 saturated heterocycles. The number of amides is 2. The molecule has 120 valence electrons. The van der Waals surface area contributed by atoms with Gasteiger partial charge in [0.15, 0.2) is 0 Å². The van der Waals surface area contributed by atoms with Crippen LogP contribution in [-0.4, -0.2) is 18.4 Å². The van der Waals surface area contributed by atoms with Gasteiger partial charge in [0.1, 0.15) is 6.54 Å². The third-order valence-electron chi connectivity index (χ3n) is 3.55. The number of nitrogens with one attached hydrogen (secondary N) is 1. The summed E-state index contributed by atoms with van der Waals surface area (Å²) in [6, 6.07) is 13.2. The van der Waals surface area contributed by atoms with E-state index in [1.807, 2.05) is 56.3 Å². The topological polar surface area (TPSA) is 49.4 Å². The van der Waals surface area contributed by atoms with Gasteiger partial charge < -0.3 is 10.2 Å². The van der Waals surface area contributed by atoms with Crippen LogP contribution < -0.4 is 10.2 Å². The van der Waals surface area contributed by atoms with Crippen LogP contribution in [0.1, 0.15) is 18.1 Å². The Balaban J connectivity index is 2.18. The van der Waals surface area contributed by atoms with Gasteiger partial charge in [0.05, 0.1) is 0 Å². The second-order valence-electron chi connectivity index (χ2n) is 5.40. The minimum absolute atomic E-state index is 0.0217. The quantitative estimate of drug-likeness (QED) is 0.876. The van der Waals surface area contributed by atoms with E-state index in [1.165, 1.54) is 11.8 Å². The van der Waals surface area contributed by atoms with Gasteiger partial charge in [-0.1, -0.05) is 34.1 Å². The number of carbonyl (C=O) groups is 2. The van der Waals surface area contributed by atoms with Gasteiger partial charge in [-0.2, -0.15) is 0 Å². The minimum atomic E-state index is -0.225. The highest BCUT2D eigenvalue weighted by Crippen LogP contribution is 2.24. The monoisotopic (exact) mass is 374 g/mol. The first-order valence-electron chi connectivity index (χ1n) is 7.28. The molecular formula is C18H19BrN2O2. The molecule has 4 nitrogen and oxygen atoms in total. The average molecular weight is 375 g/mol. The molecule has 0 aliphatic rings. The Hall–Kier alpha value is -2.14. The summed E-state index contributed by atoms with van der Waals surface area (Å²) in [4.78, 5) is 25.8. The van der Waals surface area contributed by atoms with Crippen LogP contribution in [0.4, 0.5) is 11.4 Å². The van der Waals surface area contributed by atoms with Gasteiger partial charge in [0, 0.05) is 22.8 Å². The lowest BCUT2D eigenvalue weighted by Crippen LogP contribution is -2.37. The van der Waals surface area contributed by atoms with Gasteiger partial charge in [-0.25, -0.2) is 0 Å². The molecule has 0 bridgehead atoms. The van der Waals surface area contributed by atoms with Crippen LogP contribution in [-0.2, 0) is 9.59 Å². The summed E-state index contributed by atoms with van der Waals surface area (Å²) in [5.41, 5.74) is 3.41. The van der Waals surface area contributed by atoms with Crippen LogP contribution in [0.5, 0.6) is 0 Å². The molecule has 0 saturated carbocycles. The fraction of sp³-hybridized carbons (Fsp3) is 0.222. The maximum atomic E-state index is 12.3. The van der Waals surface area contributed by atoms with Crippen molar-refractivity contribution in [2.24, 2.45) is 0 Å². The summed E-state index contributed by atoms with van der Waals surface area (Å²) in [6.07, 6.45) is 0. The van der Waals surface area contributed by atoms with Crippen molar-refractivity contribution in [3.63, 3.8) is 0 Å². The Labute approximate surface area is 144 Å². The molecule has 2 aromatic carbocycles. The number of para-hydroxylation sites is 1. The van der Waals surface area contributed by atoms with E-state index in [0.717, 1.165) is 27.0 Å². The van der Waals surface area contributed by atoms with Gasteiger partial charge in [0.2, 0.25) is 11.8 Å². The Kier molecular flexibility index (Phi) is 5.55. The van der Waals surface area contributed by atoms with E-state index in [2.05, 4.69) is 21.2 Å². The Morgan fingerprint density at radius 1 is 1.09 bits per heavy atom. The summed E-state index contributed by atoms with van der Waals surface area (Å²) in [5.74, 6) is -0.396. The molecule has 0 atom stereocenters. The fourth-order valence-corrected chi connectivity index (χ4v) is 2.81. The number of hydrogen-bond acceptors (Lipinski definition) is 2. The summed E-state index contributed by atoms with van der Waals surface area (Å²) in [7, 11) is 0. The highest BCUT2D eigenvalue weighted by atomic mass is 79.9. The van der Waals surface area contributed by atoms with Gasteiger partial charge in [0.25, 0.3) is 0 Å². The van der Waals surface area contributed by atoms with E-state index in [-0.39, 0.29) is 18.4 Å². The number of hydrogen-bond donors (Lipinski definition) is 1. The summed E-state index contributed by atoms with van der Waals surface area (Å²) in [5, 5.41) is 2.85. The number of nitrogens with zero attached hydrogens (tertiary/aromatic N) is 1. The van der Waals surface area contributed by atoms with E-state index in [1.54, 1.807) is 0 Å². The van der Waals surface area contributed by atoms with Crippen LogP contribution in [0, 0.1) is 13.8 Å². The third kappa shape index (κ3) is 4.42. The van der Waals surface area contributed by atoms with Crippen molar-refractivity contribution in [1.82, 2.24) is 0 Å². The second-order valence-corrected chi connectivity index (χ2v) is 6.31. The number of aryl methyl sites for hydroxylation is 2. The van der Waals surface area contributed by atoms with Crippen LogP contribution in [0.15, 0.2) is 46.9 Å². The van der Waals surface area contributed by atoms with E-state index in [9.17, 15) is 9.59 Å². The molecule has 1 N–H and O–H groups in total. The molecule has 2 aromatic rings. The molecule has 0 unspecified atom stereocenters. The van der Waals surface area contributed by atoms with Gasteiger partial charge in [-0.05, 0) is 49.2 Å². The lowest BCUT2D eigenvalue weighted by molar-refractivity contribution is -0.120. The zero-order chi connectivity index (χ0) is 17.0. The molecular weight excluding hydrogens is 356 g/mol. The van der Waals surface area contributed by atoms with Crippen LogP contribution >= 0.6 is 15.9 Å². The molecule has 0 heterocycles. The van der Waals surface area contributed by atoms with Crippen molar-refractivity contribution in [3.05, 3.63) is 58.1 Å². The van der Waals surface area contributed by atoms with Gasteiger partial charge in [-0.3, -0.25) is 9.59 Å². The SMILES string of the molecule is CC(=O)N(CC(=O)Nc1ccccc1C)c1ccc(Br)cc1C. The van der Waals surface area contributed by atoms with Crippen LogP contribution in [0.2, 0.25) is 0 Å². The maximum absolute atomic E-state index is 12.3. The first kappa shape index (κ1) is 17.2. The zero-order valence-electron chi connectivity index (χ0n) is 13.4. The molecule has 0 fully saturated rings. The van der Waals surface area contributed by atoms with E-state index < -0.39 is 0 Å². The largest absolute Gasteiger partial charge is 0.324 e. The number of halogens is 1. The van der Waals surface area contributed by atoms with Gasteiger partial charge in [-0.15, -0.1) is 0 Å². The maximum Gasteiger partial charge on any atom is 0.244 e. The normalized spacial score (nSPS) is 10.3. The second kappa shape index (κ2) is 7.42. The van der Waals surface area contributed by atoms with Crippen LogP contribution in [0.25, 0.3) is 0 Å². The number of benzene rings is 2. The molecule has 23 heavy (non-hydrogen) atoms. The van der Waals surface area contributed by atoms with Crippen molar-refractivity contribution in [3.8, 4) is 0 Å². The predicted molar refractivity (Wildman–Crippen MR) is 96.7 cm³/mol. The molecule has 2 rings (SSSR count). The zero-order valence-corrected chi connectivity index (χ0v) is 15.0. The molecule has 5 heteroatoms. The van der Waals surface area contributed by atoms with Gasteiger partial charge >= 0.3 is 0 Å². The molecule has 0 spiro atoms. The van der Waals surface area contributed by atoms with Crippen molar-refractivity contribution in [2.45, 2.75) is 20.8 Å². The number of rotatable bonds is 4. The van der Waals surface area contributed by atoms with Crippen molar-refractivity contribution in [1.29, 1.82) is 0 Å². The highest BCUT2D eigenvalue weighted by molar-refractivity contribution is 9.10. The Morgan fingerprint density at radius 3 is 2.39 bits per heavy atom. The number of anilines is 2. The van der Waals surface area contributed by atoms with Crippen LogP contribution in [0.3, 0.4) is 0 Å². The van der Waals surface area contributed by atoms with Crippen molar-refractivity contribution >= 4 is 39.1 Å². The van der Waals surface area contributed by atoms with Crippen molar-refractivity contribution < 1.29 is 9.59 Å². The molecule has 0 aromatic heterocycles. The smallest absolute Gasteiger partial charge is 0.244 e. The average Bonchev–Trinajstić information content (AvgIpc) is 2.48. The summed E-state index contributed by atoms with van der Waals surface area (Å²) >= 11 is 3.40. The Bertz CT molecular complexity index is 744. The summed E-state index contributed by atoms with van der Waals surface area (Å²) < 4.78 is 0.937.